The summed E-state index contributed by atoms with van der Waals surface area (Å²) in [5, 5.41) is 9.30. The molecule has 3 rings (SSSR count). The van der Waals surface area contributed by atoms with E-state index in [0.29, 0.717) is 5.92 Å². The molecule has 2 atom stereocenters. The van der Waals surface area contributed by atoms with Gasteiger partial charge in [0, 0.05) is 13.1 Å². The van der Waals surface area contributed by atoms with Gasteiger partial charge in [-0.05, 0) is 62.5 Å². The predicted molar refractivity (Wildman–Crippen MR) is 142 cm³/mol. The molecular formula is C29H52F3NO2. The summed E-state index contributed by atoms with van der Waals surface area (Å²) in [7, 11) is 0. The summed E-state index contributed by atoms with van der Waals surface area (Å²) in [4.78, 5) is 11.3. The Morgan fingerprint density at radius 1 is 0.914 bits per heavy atom. The molecule has 1 heterocycles. The van der Waals surface area contributed by atoms with Crippen LogP contribution in [0.15, 0.2) is 30.3 Å². The van der Waals surface area contributed by atoms with Gasteiger partial charge in [-0.1, -0.05) is 91.1 Å². The topological polar surface area (TPSA) is 40.5 Å². The van der Waals surface area contributed by atoms with Crippen LogP contribution in [0.4, 0.5) is 13.2 Å². The molecule has 1 aromatic rings. The number of aliphatic hydroxyl groups excluding tert-OH is 1. The molecule has 206 valence electrons. The number of carbonyl (C=O) groups is 1. The average molecular weight is 504 g/mol. The van der Waals surface area contributed by atoms with Crippen molar-refractivity contribution < 1.29 is 23.1 Å². The second-order valence-corrected chi connectivity index (χ2v) is 9.87. The fourth-order valence-electron chi connectivity index (χ4n) is 4.58. The van der Waals surface area contributed by atoms with Gasteiger partial charge in [-0.3, -0.25) is 9.69 Å². The van der Waals surface area contributed by atoms with Crippen molar-refractivity contribution >= 4 is 6.29 Å². The van der Waals surface area contributed by atoms with Gasteiger partial charge in [0.2, 0.25) is 6.29 Å². The van der Waals surface area contributed by atoms with Crippen LogP contribution >= 0.6 is 0 Å². The Balaban J connectivity index is 0. The lowest BCUT2D eigenvalue weighted by Gasteiger charge is -2.26. The molecule has 1 N–H and O–H groups in total. The minimum Gasteiger partial charge on any atom is -0.393 e. The number of aliphatic hydroxyl groups is 1. The summed E-state index contributed by atoms with van der Waals surface area (Å²) < 4.78 is 31.2. The highest BCUT2D eigenvalue weighted by atomic mass is 19.4. The van der Waals surface area contributed by atoms with Gasteiger partial charge in [-0.25, -0.2) is 0 Å². The van der Waals surface area contributed by atoms with Crippen molar-refractivity contribution in [2.45, 2.75) is 112 Å². The third-order valence-corrected chi connectivity index (χ3v) is 6.70. The van der Waals surface area contributed by atoms with E-state index in [1.165, 1.54) is 76.4 Å². The number of nitrogens with zero attached hydrogens (tertiary/aromatic N) is 1. The summed E-state index contributed by atoms with van der Waals surface area (Å²) >= 11 is 0. The second kappa shape index (κ2) is 19.7. The lowest BCUT2D eigenvalue weighted by atomic mass is 9.91. The van der Waals surface area contributed by atoms with Gasteiger partial charge in [0.15, 0.2) is 0 Å². The highest BCUT2D eigenvalue weighted by Crippen LogP contribution is 2.25. The third-order valence-electron chi connectivity index (χ3n) is 6.70. The van der Waals surface area contributed by atoms with Crippen LogP contribution in [-0.2, 0) is 11.3 Å². The van der Waals surface area contributed by atoms with Gasteiger partial charge in [0.05, 0.1) is 6.10 Å². The molecule has 0 aromatic heterocycles. The fraction of sp³-hybridized carbons (Fsp3) is 0.759. The largest absolute Gasteiger partial charge is 0.446 e. The zero-order valence-electron chi connectivity index (χ0n) is 20.7. The summed E-state index contributed by atoms with van der Waals surface area (Å²) in [6.07, 6.45) is 6.34. The average Bonchev–Trinajstić information content (AvgIpc) is 3.18. The monoisotopic (exact) mass is 503 g/mol. The van der Waals surface area contributed by atoms with E-state index in [1.54, 1.807) is 0 Å². The zero-order valence-corrected chi connectivity index (χ0v) is 20.7. The van der Waals surface area contributed by atoms with E-state index in [4.69, 9.17) is 4.79 Å². The molecule has 1 aliphatic heterocycles. The van der Waals surface area contributed by atoms with Crippen LogP contribution in [0, 0.1) is 17.8 Å². The SMILES string of the molecule is C.C.CC(C)C1CCCCN(Cc2ccccc2)C1.CC(O)C1CCCCCC1.O=CC(F)(F)F. The molecule has 2 unspecified atom stereocenters. The van der Waals surface area contributed by atoms with Crippen molar-refractivity contribution in [1.82, 2.24) is 4.90 Å². The van der Waals surface area contributed by atoms with Crippen LogP contribution < -0.4 is 0 Å². The lowest BCUT2D eigenvalue weighted by molar-refractivity contribution is -0.156. The van der Waals surface area contributed by atoms with Crippen LogP contribution in [0.1, 0.15) is 99.0 Å². The first-order chi connectivity index (χ1) is 15.6. The molecule has 1 saturated carbocycles. The van der Waals surface area contributed by atoms with Crippen molar-refractivity contribution in [1.29, 1.82) is 0 Å². The normalized spacial score (nSPS) is 20.3. The molecule has 0 amide bonds. The Bertz CT molecular complexity index is 612. The van der Waals surface area contributed by atoms with Gasteiger partial charge in [-0.15, -0.1) is 0 Å². The Labute approximate surface area is 213 Å². The van der Waals surface area contributed by atoms with Crippen molar-refractivity contribution in [3.05, 3.63) is 35.9 Å². The molecule has 1 aromatic carbocycles. The summed E-state index contributed by atoms with van der Waals surface area (Å²) in [5.74, 6) is 2.31. The minimum absolute atomic E-state index is 0. The van der Waals surface area contributed by atoms with Crippen molar-refractivity contribution in [3.8, 4) is 0 Å². The van der Waals surface area contributed by atoms with Crippen molar-refractivity contribution in [2.75, 3.05) is 13.1 Å². The maximum absolute atomic E-state index is 10.4. The Kier molecular flexibility index (Phi) is 20.2. The van der Waals surface area contributed by atoms with E-state index in [2.05, 4.69) is 49.1 Å². The van der Waals surface area contributed by atoms with Gasteiger partial charge < -0.3 is 5.11 Å². The van der Waals surface area contributed by atoms with E-state index in [1.807, 2.05) is 6.92 Å². The van der Waals surface area contributed by atoms with Gasteiger partial charge in [-0.2, -0.15) is 13.2 Å². The Hall–Kier alpha value is -1.40. The molecular weight excluding hydrogens is 451 g/mol. The Morgan fingerprint density at radius 3 is 1.86 bits per heavy atom. The predicted octanol–water partition coefficient (Wildman–Crippen LogP) is 8.30. The molecule has 2 fully saturated rings. The minimum atomic E-state index is -4.64. The number of carbonyl (C=O) groups excluding carboxylic acids is 1. The van der Waals surface area contributed by atoms with E-state index >= 15 is 0 Å². The smallest absolute Gasteiger partial charge is 0.393 e. The van der Waals surface area contributed by atoms with E-state index in [0.717, 1.165) is 18.4 Å². The number of hydrogen-bond acceptors (Lipinski definition) is 3. The zero-order chi connectivity index (χ0) is 24.7. The summed E-state index contributed by atoms with van der Waals surface area (Å²) in [6, 6.07) is 10.9. The summed E-state index contributed by atoms with van der Waals surface area (Å²) in [5.41, 5.74) is 1.46. The number of hydrogen-bond donors (Lipinski definition) is 1. The number of halogens is 3. The van der Waals surface area contributed by atoms with Crippen LogP contribution in [0.5, 0.6) is 0 Å². The number of aldehydes is 1. The van der Waals surface area contributed by atoms with Crippen LogP contribution in [0.2, 0.25) is 0 Å². The maximum Gasteiger partial charge on any atom is 0.446 e. The van der Waals surface area contributed by atoms with Crippen molar-refractivity contribution in [3.63, 3.8) is 0 Å². The molecule has 1 aliphatic carbocycles. The molecule has 2 aliphatic rings. The second-order valence-electron chi connectivity index (χ2n) is 9.87. The van der Waals surface area contributed by atoms with Gasteiger partial charge >= 0.3 is 6.18 Å². The van der Waals surface area contributed by atoms with Gasteiger partial charge in [0.25, 0.3) is 0 Å². The van der Waals surface area contributed by atoms with E-state index < -0.39 is 12.5 Å². The molecule has 35 heavy (non-hydrogen) atoms. The molecule has 0 bridgehead atoms. The first-order valence-corrected chi connectivity index (χ1v) is 12.6. The Morgan fingerprint density at radius 2 is 1.40 bits per heavy atom. The molecule has 0 radical (unpaired) electrons. The highest BCUT2D eigenvalue weighted by molar-refractivity contribution is 5.56. The quantitative estimate of drug-likeness (QED) is 0.332. The van der Waals surface area contributed by atoms with E-state index in [-0.39, 0.29) is 21.0 Å². The van der Waals surface area contributed by atoms with Crippen LogP contribution in [-0.4, -0.2) is 41.7 Å². The summed E-state index contributed by atoms with van der Waals surface area (Å²) in [6.45, 7) is 10.4. The molecule has 1 saturated heterocycles. The maximum atomic E-state index is 10.4. The van der Waals surface area contributed by atoms with E-state index in [9.17, 15) is 18.3 Å². The van der Waals surface area contributed by atoms with Gasteiger partial charge in [0.1, 0.15) is 0 Å². The van der Waals surface area contributed by atoms with Crippen LogP contribution in [0.3, 0.4) is 0 Å². The van der Waals surface area contributed by atoms with Crippen LogP contribution in [0.25, 0.3) is 0 Å². The standard InChI is InChI=1S/C16H25N.C9H18O.C2HF3O.2CH4/c1-14(2)16-10-6-7-11-17(13-16)12-15-8-4-3-5-9-15;1-8(10)9-6-4-2-3-5-7-9;3-2(4,5)1-6;;/h3-5,8-9,14,16H,6-7,10-13H2,1-2H3;8-10H,2-7H2,1H3;1H;2*1H4. The fourth-order valence-corrected chi connectivity index (χ4v) is 4.58. The molecule has 0 spiro atoms. The first kappa shape index (κ1) is 35.8. The number of benzene rings is 1. The molecule has 6 heteroatoms. The lowest BCUT2D eigenvalue weighted by Crippen LogP contribution is -2.29. The number of likely N-dealkylation sites (tertiary alicyclic amines) is 1. The highest BCUT2D eigenvalue weighted by Gasteiger charge is 2.25. The number of alkyl halides is 3. The first-order valence-electron chi connectivity index (χ1n) is 12.6. The number of rotatable bonds is 4. The third kappa shape index (κ3) is 17.6. The van der Waals surface area contributed by atoms with Crippen molar-refractivity contribution in [2.24, 2.45) is 17.8 Å². The molecule has 3 nitrogen and oxygen atoms in total.